The summed E-state index contributed by atoms with van der Waals surface area (Å²) in [5.74, 6) is 2.73. The zero-order valence-electron chi connectivity index (χ0n) is 9.32. The van der Waals surface area contributed by atoms with Gasteiger partial charge in [-0.15, -0.1) is 0 Å². The third kappa shape index (κ3) is 4.13. The summed E-state index contributed by atoms with van der Waals surface area (Å²) in [7, 11) is 0. The quantitative estimate of drug-likeness (QED) is 0.522. The second kappa shape index (κ2) is 7.64. The van der Waals surface area contributed by atoms with Crippen molar-refractivity contribution in [2.24, 2.45) is 5.92 Å². The summed E-state index contributed by atoms with van der Waals surface area (Å²) >= 11 is 0. The molecule has 0 aromatic carbocycles. The molecule has 0 nitrogen and oxygen atoms in total. The average molecular weight is 169 g/mol. The van der Waals surface area contributed by atoms with Gasteiger partial charge in [0, 0.05) is 0 Å². The van der Waals surface area contributed by atoms with Gasteiger partial charge in [0.2, 0.25) is 0 Å². The van der Waals surface area contributed by atoms with Gasteiger partial charge in [0.1, 0.15) is 0 Å². The highest BCUT2D eigenvalue weighted by molar-refractivity contribution is 4.94. The Labute approximate surface area is 78.8 Å². The maximum absolute atomic E-state index is 2.32. The van der Waals surface area contributed by atoms with E-state index in [0.717, 1.165) is 5.92 Å². The largest absolute Gasteiger partial charge is 0.0654 e. The van der Waals surface area contributed by atoms with Crippen LogP contribution >= 0.6 is 0 Å². The molecule has 0 fully saturated rings. The monoisotopic (exact) mass is 169 g/mol. The zero-order valence-corrected chi connectivity index (χ0v) is 9.32. The van der Waals surface area contributed by atoms with E-state index in [1.165, 1.54) is 38.5 Å². The van der Waals surface area contributed by atoms with Crippen LogP contribution < -0.4 is 0 Å². The molecule has 1 radical (unpaired) electrons. The minimum absolute atomic E-state index is 0.907. The molecule has 0 aliphatic carbocycles. The van der Waals surface area contributed by atoms with E-state index in [1.807, 2.05) is 5.92 Å². The fourth-order valence-corrected chi connectivity index (χ4v) is 2.04. The van der Waals surface area contributed by atoms with Crippen molar-refractivity contribution in [2.75, 3.05) is 0 Å². The van der Waals surface area contributed by atoms with E-state index in [4.69, 9.17) is 0 Å². The highest BCUT2D eigenvalue weighted by Gasteiger charge is 2.16. The van der Waals surface area contributed by atoms with Gasteiger partial charge in [-0.1, -0.05) is 53.4 Å². The summed E-state index contributed by atoms with van der Waals surface area (Å²) in [6.45, 7) is 9.22. The smallest absolute Gasteiger partial charge is 0.0210 e. The fourth-order valence-electron chi connectivity index (χ4n) is 2.04. The van der Waals surface area contributed by atoms with Gasteiger partial charge in [0.15, 0.2) is 0 Å². The summed E-state index contributed by atoms with van der Waals surface area (Å²) in [5.41, 5.74) is 0. The van der Waals surface area contributed by atoms with E-state index in [9.17, 15) is 0 Å². The number of rotatable bonds is 7. The molecule has 0 unspecified atom stereocenters. The van der Waals surface area contributed by atoms with E-state index < -0.39 is 0 Å². The molecular formula is C12H25. The van der Waals surface area contributed by atoms with E-state index in [2.05, 4.69) is 27.7 Å². The van der Waals surface area contributed by atoms with Crippen molar-refractivity contribution in [3.63, 3.8) is 0 Å². The molecule has 0 amide bonds. The maximum atomic E-state index is 2.32. The van der Waals surface area contributed by atoms with Crippen LogP contribution in [0.3, 0.4) is 0 Å². The average Bonchev–Trinajstić information content (AvgIpc) is 2.07. The Bertz CT molecular complexity index is 76.0. The van der Waals surface area contributed by atoms with Crippen LogP contribution in [-0.4, -0.2) is 0 Å². The van der Waals surface area contributed by atoms with Gasteiger partial charge in [-0.05, 0) is 24.7 Å². The third-order valence-electron chi connectivity index (χ3n) is 2.71. The Kier molecular flexibility index (Phi) is 7.64. The summed E-state index contributed by atoms with van der Waals surface area (Å²) in [6.07, 6.45) is 8.05. The SMILES string of the molecule is CCC[C](CCC)C(CC)CC. The van der Waals surface area contributed by atoms with Gasteiger partial charge in [-0.3, -0.25) is 0 Å². The fraction of sp³-hybridized carbons (Fsp3) is 0.917. The first-order valence-electron chi connectivity index (χ1n) is 5.64. The summed E-state index contributed by atoms with van der Waals surface area (Å²) in [5, 5.41) is 0. The second-order valence-electron chi connectivity index (χ2n) is 3.67. The summed E-state index contributed by atoms with van der Waals surface area (Å²) in [4.78, 5) is 0. The van der Waals surface area contributed by atoms with Crippen molar-refractivity contribution in [2.45, 2.75) is 66.2 Å². The molecule has 0 N–H and O–H groups in total. The molecule has 0 atom stereocenters. The Balaban J connectivity index is 3.86. The normalized spacial score (nSPS) is 11.5. The lowest BCUT2D eigenvalue weighted by atomic mass is 9.82. The lowest BCUT2D eigenvalue weighted by molar-refractivity contribution is 0.445. The number of hydrogen-bond acceptors (Lipinski definition) is 0. The molecule has 0 aromatic rings. The topological polar surface area (TPSA) is 0 Å². The molecular weight excluding hydrogens is 144 g/mol. The Morgan fingerprint density at radius 3 is 1.50 bits per heavy atom. The van der Waals surface area contributed by atoms with Crippen LogP contribution in [0.15, 0.2) is 0 Å². The van der Waals surface area contributed by atoms with Crippen LogP contribution in [0, 0.1) is 11.8 Å². The molecule has 0 heterocycles. The lowest BCUT2D eigenvalue weighted by Gasteiger charge is -2.23. The van der Waals surface area contributed by atoms with E-state index >= 15 is 0 Å². The molecule has 0 saturated carbocycles. The molecule has 12 heavy (non-hydrogen) atoms. The van der Waals surface area contributed by atoms with Crippen molar-refractivity contribution in [1.29, 1.82) is 0 Å². The van der Waals surface area contributed by atoms with Crippen molar-refractivity contribution in [3.05, 3.63) is 5.92 Å². The highest BCUT2D eigenvalue weighted by Crippen LogP contribution is 2.29. The van der Waals surface area contributed by atoms with Gasteiger partial charge in [0.25, 0.3) is 0 Å². The Morgan fingerprint density at radius 1 is 0.833 bits per heavy atom. The van der Waals surface area contributed by atoms with E-state index in [0.29, 0.717) is 0 Å². The molecule has 0 aliphatic heterocycles. The minimum atomic E-state index is 0.907. The Morgan fingerprint density at radius 2 is 1.25 bits per heavy atom. The standard InChI is InChI=1S/C12H25/c1-5-9-12(10-6-2)11(7-3)8-4/h11H,5-10H2,1-4H3. The van der Waals surface area contributed by atoms with Crippen LogP contribution in [0.5, 0.6) is 0 Å². The van der Waals surface area contributed by atoms with Crippen molar-refractivity contribution < 1.29 is 0 Å². The van der Waals surface area contributed by atoms with Gasteiger partial charge in [0.05, 0.1) is 0 Å². The van der Waals surface area contributed by atoms with Gasteiger partial charge in [-0.2, -0.15) is 0 Å². The third-order valence-corrected chi connectivity index (χ3v) is 2.71. The van der Waals surface area contributed by atoms with Crippen LogP contribution in [0.1, 0.15) is 66.2 Å². The molecule has 0 aliphatic rings. The summed E-state index contributed by atoms with van der Waals surface area (Å²) < 4.78 is 0. The molecule has 73 valence electrons. The minimum Gasteiger partial charge on any atom is -0.0654 e. The van der Waals surface area contributed by atoms with Crippen molar-refractivity contribution in [1.82, 2.24) is 0 Å². The maximum Gasteiger partial charge on any atom is -0.0210 e. The lowest BCUT2D eigenvalue weighted by Crippen LogP contribution is -2.10. The van der Waals surface area contributed by atoms with Crippen LogP contribution in [0.2, 0.25) is 0 Å². The second-order valence-corrected chi connectivity index (χ2v) is 3.67. The predicted molar refractivity (Wildman–Crippen MR) is 57.1 cm³/mol. The highest BCUT2D eigenvalue weighted by atomic mass is 14.2. The molecule has 0 spiro atoms. The molecule has 0 rings (SSSR count). The first kappa shape index (κ1) is 12.0. The van der Waals surface area contributed by atoms with Crippen molar-refractivity contribution >= 4 is 0 Å². The van der Waals surface area contributed by atoms with E-state index in [-0.39, 0.29) is 0 Å². The van der Waals surface area contributed by atoms with E-state index in [1.54, 1.807) is 0 Å². The van der Waals surface area contributed by atoms with Crippen molar-refractivity contribution in [3.8, 4) is 0 Å². The van der Waals surface area contributed by atoms with Gasteiger partial charge >= 0.3 is 0 Å². The van der Waals surface area contributed by atoms with Gasteiger partial charge < -0.3 is 0 Å². The zero-order chi connectivity index (χ0) is 9.40. The first-order valence-corrected chi connectivity index (χ1v) is 5.64. The molecule has 0 heteroatoms. The molecule has 0 aromatic heterocycles. The predicted octanol–water partition coefficient (Wildman–Crippen LogP) is 4.60. The first-order chi connectivity index (χ1) is 5.79. The summed E-state index contributed by atoms with van der Waals surface area (Å²) in [6, 6.07) is 0. The Hall–Kier alpha value is 0. The van der Waals surface area contributed by atoms with Crippen LogP contribution in [0.25, 0.3) is 0 Å². The molecule has 0 saturated heterocycles. The van der Waals surface area contributed by atoms with Crippen LogP contribution in [-0.2, 0) is 0 Å². The van der Waals surface area contributed by atoms with Crippen LogP contribution in [0.4, 0.5) is 0 Å². The number of hydrogen-bond donors (Lipinski definition) is 0. The molecule has 0 bridgehead atoms. The van der Waals surface area contributed by atoms with Gasteiger partial charge in [-0.25, -0.2) is 0 Å².